The van der Waals surface area contributed by atoms with Gasteiger partial charge in [0.2, 0.25) is 5.91 Å². The summed E-state index contributed by atoms with van der Waals surface area (Å²) in [6.07, 6.45) is 0. The van der Waals surface area contributed by atoms with Gasteiger partial charge in [-0.05, 0) is 24.6 Å². The molecule has 0 fully saturated rings. The lowest BCUT2D eigenvalue weighted by Gasteiger charge is -2.09. The maximum Gasteiger partial charge on any atom is 0.269 e. The van der Waals surface area contributed by atoms with Gasteiger partial charge in [0.15, 0.2) is 0 Å². The molecule has 0 heterocycles. The van der Waals surface area contributed by atoms with E-state index in [1.807, 2.05) is 6.92 Å². The first-order valence-electron chi connectivity index (χ1n) is 5.87. The van der Waals surface area contributed by atoms with E-state index in [0.29, 0.717) is 13.1 Å². The minimum Gasteiger partial charge on any atom is -0.355 e. The van der Waals surface area contributed by atoms with Gasteiger partial charge in [0, 0.05) is 23.6 Å². The Hall–Kier alpha value is -1.31. The van der Waals surface area contributed by atoms with Crippen LogP contribution in [0.2, 0.25) is 0 Å². The van der Waals surface area contributed by atoms with Crippen LogP contribution in [0.25, 0.3) is 0 Å². The summed E-state index contributed by atoms with van der Waals surface area (Å²) < 4.78 is 0. The maximum absolute atomic E-state index is 11.5. The number of nitro groups is 1. The normalized spacial score (nSPS) is 11.3. The minimum absolute atomic E-state index is 0. The Morgan fingerprint density at radius 2 is 2.05 bits per heavy atom. The third-order valence-corrected chi connectivity index (χ3v) is 3.48. The molecule has 1 aromatic rings. The van der Waals surface area contributed by atoms with E-state index in [1.54, 1.807) is 12.1 Å². The topological polar surface area (TPSA) is 98.3 Å². The standard InChI is InChI=1S/C12H17N3O3S.ClH/c1-9(6-13)7-14-12(16)8-19-11-4-2-10(3-5-11)15(17)18;/h2-5,9H,6-8,13H2,1H3,(H,14,16);1H. The number of amides is 1. The molecule has 0 aliphatic carbocycles. The molecule has 1 atom stereocenters. The second-order valence-electron chi connectivity index (χ2n) is 4.18. The van der Waals surface area contributed by atoms with Crippen LogP contribution in [0.5, 0.6) is 0 Å². The van der Waals surface area contributed by atoms with E-state index in [4.69, 9.17) is 5.73 Å². The molecule has 6 nitrogen and oxygen atoms in total. The highest BCUT2D eigenvalue weighted by atomic mass is 35.5. The summed E-state index contributed by atoms with van der Waals surface area (Å²) in [4.78, 5) is 22.4. The molecule has 1 amide bonds. The van der Waals surface area contributed by atoms with Crippen molar-refractivity contribution in [2.24, 2.45) is 11.7 Å². The van der Waals surface area contributed by atoms with Crippen molar-refractivity contribution in [2.45, 2.75) is 11.8 Å². The average molecular weight is 320 g/mol. The van der Waals surface area contributed by atoms with Crippen molar-refractivity contribution in [2.75, 3.05) is 18.8 Å². The first kappa shape index (κ1) is 18.7. The number of benzene rings is 1. The van der Waals surface area contributed by atoms with Crippen molar-refractivity contribution in [3.63, 3.8) is 0 Å². The van der Waals surface area contributed by atoms with Crippen LogP contribution in [0, 0.1) is 16.0 Å². The van der Waals surface area contributed by atoms with Gasteiger partial charge in [-0.3, -0.25) is 14.9 Å². The number of carbonyl (C=O) groups excluding carboxylic acids is 1. The lowest BCUT2D eigenvalue weighted by atomic mass is 10.2. The van der Waals surface area contributed by atoms with E-state index in [9.17, 15) is 14.9 Å². The molecule has 1 aromatic carbocycles. The lowest BCUT2D eigenvalue weighted by molar-refractivity contribution is -0.384. The van der Waals surface area contributed by atoms with Crippen molar-refractivity contribution in [3.05, 3.63) is 34.4 Å². The van der Waals surface area contributed by atoms with Crippen LogP contribution in [0.3, 0.4) is 0 Å². The Labute approximate surface area is 128 Å². The van der Waals surface area contributed by atoms with Gasteiger partial charge in [-0.1, -0.05) is 6.92 Å². The molecule has 0 saturated heterocycles. The molecule has 1 unspecified atom stereocenters. The molecule has 20 heavy (non-hydrogen) atoms. The fourth-order valence-electron chi connectivity index (χ4n) is 1.24. The van der Waals surface area contributed by atoms with Gasteiger partial charge in [0.1, 0.15) is 0 Å². The zero-order valence-electron chi connectivity index (χ0n) is 11.1. The predicted molar refractivity (Wildman–Crippen MR) is 82.3 cm³/mol. The van der Waals surface area contributed by atoms with E-state index < -0.39 is 4.92 Å². The third kappa shape index (κ3) is 6.74. The molecule has 0 saturated carbocycles. The molecular formula is C12H18ClN3O3S. The van der Waals surface area contributed by atoms with Gasteiger partial charge in [-0.15, -0.1) is 24.2 Å². The van der Waals surface area contributed by atoms with Crippen molar-refractivity contribution < 1.29 is 9.72 Å². The highest BCUT2D eigenvalue weighted by Crippen LogP contribution is 2.20. The third-order valence-electron chi connectivity index (χ3n) is 2.47. The maximum atomic E-state index is 11.5. The molecule has 8 heteroatoms. The number of non-ortho nitro benzene ring substituents is 1. The second kappa shape index (κ2) is 9.57. The Bertz CT molecular complexity index is 442. The molecule has 0 spiro atoms. The molecule has 0 radical (unpaired) electrons. The SMILES string of the molecule is CC(CN)CNC(=O)CSc1ccc([N+](=O)[O-])cc1.Cl. The van der Waals surface area contributed by atoms with Gasteiger partial charge in [0.25, 0.3) is 5.69 Å². The summed E-state index contributed by atoms with van der Waals surface area (Å²) in [5, 5.41) is 13.3. The number of nitrogens with one attached hydrogen (secondary N) is 1. The Balaban J connectivity index is 0.00000361. The largest absolute Gasteiger partial charge is 0.355 e. The molecule has 0 bridgehead atoms. The highest BCUT2D eigenvalue weighted by Gasteiger charge is 2.07. The first-order chi connectivity index (χ1) is 9.02. The monoisotopic (exact) mass is 319 g/mol. The number of hydrogen-bond acceptors (Lipinski definition) is 5. The van der Waals surface area contributed by atoms with Crippen LogP contribution in [-0.2, 0) is 4.79 Å². The summed E-state index contributed by atoms with van der Waals surface area (Å²) in [5.41, 5.74) is 5.50. The van der Waals surface area contributed by atoms with Crippen molar-refractivity contribution in [1.82, 2.24) is 5.32 Å². The van der Waals surface area contributed by atoms with Crippen LogP contribution >= 0.6 is 24.2 Å². The number of carbonyl (C=O) groups is 1. The number of rotatable bonds is 7. The Morgan fingerprint density at radius 1 is 1.45 bits per heavy atom. The number of nitro benzene ring substituents is 1. The Kier molecular flexibility index (Phi) is 8.94. The van der Waals surface area contributed by atoms with E-state index in [1.165, 1.54) is 23.9 Å². The fourth-order valence-corrected chi connectivity index (χ4v) is 1.96. The quantitative estimate of drug-likeness (QED) is 0.454. The number of thioether (sulfide) groups is 1. The zero-order chi connectivity index (χ0) is 14.3. The summed E-state index contributed by atoms with van der Waals surface area (Å²) >= 11 is 1.34. The predicted octanol–water partition coefficient (Wildman–Crippen LogP) is 1.82. The number of halogens is 1. The molecule has 0 aliphatic rings. The van der Waals surface area contributed by atoms with Gasteiger partial charge in [0.05, 0.1) is 10.7 Å². The number of hydrogen-bond donors (Lipinski definition) is 2. The fraction of sp³-hybridized carbons (Fsp3) is 0.417. The van der Waals surface area contributed by atoms with E-state index in [0.717, 1.165) is 4.90 Å². The van der Waals surface area contributed by atoms with Gasteiger partial charge >= 0.3 is 0 Å². The van der Waals surface area contributed by atoms with Crippen LogP contribution in [0.15, 0.2) is 29.2 Å². The van der Waals surface area contributed by atoms with Gasteiger partial charge in [-0.2, -0.15) is 0 Å². The summed E-state index contributed by atoms with van der Waals surface area (Å²) in [7, 11) is 0. The van der Waals surface area contributed by atoms with E-state index in [2.05, 4.69) is 5.32 Å². The number of nitrogens with two attached hydrogens (primary N) is 1. The molecule has 112 valence electrons. The highest BCUT2D eigenvalue weighted by molar-refractivity contribution is 8.00. The van der Waals surface area contributed by atoms with Crippen LogP contribution in [0.1, 0.15) is 6.92 Å². The van der Waals surface area contributed by atoms with Gasteiger partial charge in [-0.25, -0.2) is 0 Å². The first-order valence-corrected chi connectivity index (χ1v) is 6.85. The van der Waals surface area contributed by atoms with Crippen LogP contribution in [0.4, 0.5) is 5.69 Å². The van der Waals surface area contributed by atoms with Gasteiger partial charge < -0.3 is 11.1 Å². The molecule has 3 N–H and O–H groups in total. The van der Waals surface area contributed by atoms with E-state index >= 15 is 0 Å². The molecular weight excluding hydrogens is 302 g/mol. The number of nitrogens with zero attached hydrogens (tertiary/aromatic N) is 1. The van der Waals surface area contributed by atoms with Crippen molar-refractivity contribution >= 4 is 35.8 Å². The smallest absolute Gasteiger partial charge is 0.269 e. The minimum atomic E-state index is -0.449. The average Bonchev–Trinajstić information content (AvgIpc) is 2.42. The van der Waals surface area contributed by atoms with Crippen molar-refractivity contribution in [1.29, 1.82) is 0 Å². The second-order valence-corrected chi connectivity index (χ2v) is 5.23. The zero-order valence-corrected chi connectivity index (χ0v) is 12.7. The van der Waals surface area contributed by atoms with Crippen LogP contribution < -0.4 is 11.1 Å². The van der Waals surface area contributed by atoms with E-state index in [-0.39, 0.29) is 35.7 Å². The lowest BCUT2D eigenvalue weighted by Crippen LogP contribution is -2.32. The summed E-state index contributed by atoms with van der Waals surface area (Å²) in [6.45, 7) is 3.07. The summed E-state index contributed by atoms with van der Waals surface area (Å²) in [6, 6.07) is 6.13. The summed E-state index contributed by atoms with van der Waals surface area (Å²) in [5.74, 6) is 0.478. The van der Waals surface area contributed by atoms with Crippen molar-refractivity contribution in [3.8, 4) is 0 Å². The molecule has 1 rings (SSSR count). The molecule has 0 aromatic heterocycles. The molecule has 0 aliphatic heterocycles. The Morgan fingerprint density at radius 3 is 2.55 bits per heavy atom. The van der Waals surface area contributed by atoms with Crippen LogP contribution in [-0.4, -0.2) is 29.7 Å².